The van der Waals surface area contributed by atoms with Crippen LogP contribution in [0.15, 0.2) is 36.5 Å². The summed E-state index contributed by atoms with van der Waals surface area (Å²) in [7, 11) is -2.66. The maximum atomic E-state index is 12.6. The summed E-state index contributed by atoms with van der Waals surface area (Å²) in [6.45, 7) is 4.16. The zero-order valence-corrected chi connectivity index (χ0v) is 34.4. The summed E-state index contributed by atoms with van der Waals surface area (Å²) in [4.78, 5) is 34.9. The van der Waals surface area contributed by atoms with Gasteiger partial charge in [0.1, 0.15) is 6.61 Å². The Balaban J connectivity index is 4.32. The summed E-state index contributed by atoms with van der Waals surface area (Å²) in [6, 6.07) is 0. The molecule has 10 heteroatoms. The standard InChI is InChI=1S/C42H78NO8P/c1-4-6-8-10-12-14-16-18-19-20-21-23-24-26-28-30-32-34-41(44)48-38-40(39-50-52(46,47)49-37-36-43-3)51-42(45)35-33-31-29-27-25-22-17-15-13-11-9-7-5-2/h18-19,21,23,26,28,40,43H,4-17,20,22,24-25,27,29-39H2,1-3H3,(H,46,47)/b19-18-,23-21-,28-26-. The van der Waals surface area contributed by atoms with Crippen LogP contribution in [0.4, 0.5) is 0 Å². The molecule has 2 unspecified atom stereocenters. The highest BCUT2D eigenvalue weighted by atomic mass is 31.2. The normalized spacial score (nSPS) is 13.7. The second-order valence-corrected chi connectivity index (χ2v) is 15.3. The molecule has 0 heterocycles. The van der Waals surface area contributed by atoms with Gasteiger partial charge in [-0.05, 0) is 52.0 Å². The molecule has 304 valence electrons. The Bertz CT molecular complexity index is 954. The topological polar surface area (TPSA) is 120 Å². The molecule has 0 aromatic carbocycles. The zero-order chi connectivity index (χ0) is 38.2. The van der Waals surface area contributed by atoms with Crippen molar-refractivity contribution in [2.45, 2.75) is 187 Å². The SMILES string of the molecule is CCCCCCCC/C=C\C/C=C\C/C=C\CCCC(=O)OCC(COP(=O)(O)OCCNC)OC(=O)CCCCCCCCCCCCCCC. The van der Waals surface area contributed by atoms with E-state index in [1.54, 1.807) is 7.05 Å². The summed E-state index contributed by atoms with van der Waals surface area (Å²) >= 11 is 0. The lowest BCUT2D eigenvalue weighted by molar-refractivity contribution is -0.161. The van der Waals surface area contributed by atoms with Gasteiger partial charge in [-0.25, -0.2) is 4.57 Å². The van der Waals surface area contributed by atoms with E-state index in [2.05, 4.69) is 55.6 Å². The van der Waals surface area contributed by atoms with E-state index in [-0.39, 0.29) is 26.1 Å². The third-order valence-corrected chi connectivity index (χ3v) is 9.75. The summed E-state index contributed by atoms with van der Waals surface area (Å²) < 4.78 is 33.1. The third-order valence-electron chi connectivity index (χ3n) is 8.76. The van der Waals surface area contributed by atoms with E-state index in [1.807, 2.05) is 0 Å². The molecule has 0 aliphatic rings. The van der Waals surface area contributed by atoms with E-state index in [9.17, 15) is 19.0 Å². The molecule has 2 atom stereocenters. The molecule has 9 nitrogen and oxygen atoms in total. The molecule has 0 aromatic heterocycles. The number of carbonyl (C=O) groups is 2. The average molecular weight is 756 g/mol. The van der Waals surface area contributed by atoms with Crippen LogP contribution in [0.2, 0.25) is 0 Å². The van der Waals surface area contributed by atoms with E-state index in [4.69, 9.17) is 18.5 Å². The van der Waals surface area contributed by atoms with Crippen molar-refractivity contribution in [3.05, 3.63) is 36.5 Å². The Morgan fingerprint density at radius 1 is 0.596 bits per heavy atom. The molecule has 0 aromatic rings. The molecule has 52 heavy (non-hydrogen) atoms. The average Bonchev–Trinajstić information content (AvgIpc) is 3.12. The minimum atomic E-state index is -4.35. The number of hydrogen-bond donors (Lipinski definition) is 2. The largest absolute Gasteiger partial charge is 0.472 e. The lowest BCUT2D eigenvalue weighted by atomic mass is 10.0. The first-order valence-electron chi connectivity index (χ1n) is 20.9. The van der Waals surface area contributed by atoms with E-state index < -0.39 is 32.5 Å². The second kappa shape index (κ2) is 38.9. The molecule has 0 aliphatic carbocycles. The quantitative estimate of drug-likeness (QED) is 0.0273. The van der Waals surface area contributed by atoms with Crippen molar-refractivity contribution >= 4 is 19.8 Å². The molecule has 0 spiro atoms. The van der Waals surface area contributed by atoms with Gasteiger partial charge in [-0.15, -0.1) is 0 Å². The Kier molecular flexibility index (Phi) is 37.6. The van der Waals surface area contributed by atoms with E-state index in [1.165, 1.54) is 109 Å². The van der Waals surface area contributed by atoms with Crippen molar-refractivity contribution in [3.63, 3.8) is 0 Å². The molecule has 0 rings (SSSR count). The maximum absolute atomic E-state index is 12.6. The number of likely N-dealkylation sites (N-methyl/N-ethyl adjacent to an activating group) is 1. The van der Waals surface area contributed by atoms with Crippen LogP contribution in [-0.4, -0.2) is 56.3 Å². The number of ether oxygens (including phenoxy) is 2. The summed E-state index contributed by atoms with van der Waals surface area (Å²) in [5.74, 6) is -0.865. The second-order valence-electron chi connectivity index (χ2n) is 13.8. The van der Waals surface area contributed by atoms with Crippen LogP contribution in [0.3, 0.4) is 0 Å². The fraction of sp³-hybridized carbons (Fsp3) is 0.810. The smallest absolute Gasteiger partial charge is 0.462 e. The van der Waals surface area contributed by atoms with E-state index >= 15 is 0 Å². The van der Waals surface area contributed by atoms with Gasteiger partial charge in [-0.1, -0.05) is 159 Å². The lowest BCUT2D eigenvalue weighted by Gasteiger charge is -2.20. The van der Waals surface area contributed by atoms with E-state index in [0.717, 1.165) is 32.1 Å². The first-order chi connectivity index (χ1) is 25.3. The highest BCUT2D eigenvalue weighted by Crippen LogP contribution is 2.43. The van der Waals surface area contributed by atoms with Crippen molar-refractivity contribution in [2.24, 2.45) is 0 Å². The summed E-state index contributed by atoms with van der Waals surface area (Å²) in [6.07, 6.45) is 40.5. The van der Waals surface area contributed by atoms with Crippen LogP contribution < -0.4 is 5.32 Å². The van der Waals surface area contributed by atoms with Crippen molar-refractivity contribution < 1.29 is 37.6 Å². The third kappa shape index (κ3) is 38.0. The van der Waals surface area contributed by atoms with Crippen LogP contribution in [0.5, 0.6) is 0 Å². The number of rotatable bonds is 39. The van der Waals surface area contributed by atoms with Gasteiger partial charge in [0.05, 0.1) is 13.2 Å². The Morgan fingerprint density at radius 2 is 1.06 bits per heavy atom. The maximum Gasteiger partial charge on any atom is 0.472 e. The molecule has 0 bridgehead atoms. The van der Waals surface area contributed by atoms with Gasteiger partial charge < -0.3 is 19.7 Å². The summed E-state index contributed by atoms with van der Waals surface area (Å²) in [5, 5.41) is 2.82. The number of nitrogens with one attached hydrogen (secondary N) is 1. The summed E-state index contributed by atoms with van der Waals surface area (Å²) in [5.41, 5.74) is 0. The molecule has 0 saturated heterocycles. The van der Waals surface area contributed by atoms with Crippen molar-refractivity contribution in [3.8, 4) is 0 Å². The fourth-order valence-electron chi connectivity index (χ4n) is 5.57. The fourth-order valence-corrected chi connectivity index (χ4v) is 6.32. The number of hydrogen-bond acceptors (Lipinski definition) is 8. The molecule has 0 amide bonds. The molecular weight excluding hydrogens is 677 g/mol. The van der Waals surface area contributed by atoms with Gasteiger partial charge in [-0.2, -0.15) is 0 Å². The highest BCUT2D eigenvalue weighted by molar-refractivity contribution is 7.47. The molecular formula is C42H78NO8P. The van der Waals surface area contributed by atoms with Gasteiger partial charge in [0.25, 0.3) is 0 Å². The van der Waals surface area contributed by atoms with Gasteiger partial charge in [0.2, 0.25) is 0 Å². The van der Waals surface area contributed by atoms with Gasteiger partial charge in [0.15, 0.2) is 6.10 Å². The predicted molar refractivity (Wildman–Crippen MR) is 215 cm³/mol. The van der Waals surface area contributed by atoms with Crippen molar-refractivity contribution in [1.82, 2.24) is 5.32 Å². The van der Waals surface area contributed by atoms with Crippen LogP contribution in [0.1, 0.15) is 181 Å². The number of allylic oxidation sites excluding steroid dienone is 6. The number of phosphoric acid groups is 1. The number of carbonyl (C=O) groups excluding carboxylic acids is 2. The first-order valence-corrected chi connectivity index (χ1v) is 22.4. The lowest BCUT2D eigenvalue weighted by Crippen LogP contribution is -2.29. The van der Waals surface area contributed by atoms with Gasteiger partial charge in [-0.3, -0.25) is 18.6 Å². The number of esters is 2. The molecule has 2 N–H and O–H groups in total. The van der Waals surface area contributed by atoms with Gasteiger partial charge in [0, 0.05) is 19.4 Å². The molecule has 0 saturated carbocycles. The monoisotopic (exact) mass is 756 g/mol. The van der Waals surface area contributed by atoms with Crippen LogP contribution in [0.25, 0.3) is 0 Å². The first kappa shape index (κ1) is 50.2. The van der Waals surface area contributed by atoms with Crippen LogP contribution in [0, 0.1) is 0 Å². The molecule has 0 aliphatic heterocycles. The van der Waals surface area contributed by atoms with Crippen LogP contribution >= 0.6 is 7.82 Å². The molecule has 0 radical (unpaired) electrons. The van der Waals surface area contributed by atoms with E-state index in [0.29, 0.717) is 19.4 Å². The number of unbranched alkanes of at least 4 members (excludes halogenated alkanes) is 19. The Hall–Kier alpha value is -1.77. The Labute approximate surface area is 318 Å². The van der Waals surface area contributed by atoms with Crippen molar-refractivity contribution in [1.29, 1.82) is 0 Å². The Morgan fingerprint density at radius 3 is 1.60 bits per heavy atom. The minimum Gasteiger partial charge on any atom is -0.462 e. The zero-order valence-electron chi connectivity index (χ0n) is 33.5. The van der Waals surface area contributed by atoms with Gasteiger partial charge >= 0.3 is 19.8 Å². The highest BCUT2D eigenvalue weighted by Gasteiger charge is 2.26. The van der Waals surface area contributed by atoms with Crippen LogP contribution in [-0.2, 0) is 32.7 Å². The number of phosphoric ester groups is 1. The minimum absolute atomic E-state index is 0.0236. The van der Waals surface area contributed by atoms with Crippen molar-refractivity contribution in [2.75, 3.05) is 33.4 Å². The predicted octanol–water partition coefficient (Wildman–Crippen LogP) is 11.6. The molecule has 0 fully saturated rings.